The van der Waals surface area contributed by atoms with Crippen LogP contribution >= 0.6 is 0 Å². The monoisotopic (exact) mass is 455 g/mol. The number of halogens is 2. The molecule has 0 N–H and O–H groups in total. The third-order valence-corrected chi connectivity index (χ3v) is 5.26. The third kappa shape index (κ3) is 4.86. The summed E-state index contributed by atoms with van der Waals surface area (Å²) in [6.07, 6.45) is 1.30. The van der Waals surface area contributed by atoms with Crippen molar-refractivity contribution in [2.75, 3.05) is 24.5 Å². The van der Waals surface area contributed by atoms with Crippen molar-refractivity contribution in [3.05, 3.63) is 82.2 Å². The Hall–Kier alpha value is -4.15. The molecule has 0 aliphatic carbocycles. The minimum Gasteiger partial charge on any atom is -0.439 e. The maximum Gasteiger partial charge on any atom is 0.270 e. The molecular weight excluding hydrogens is 436 g/mol. The summed E-state index contributed by atoms with van der Waals surface area (Å²) in [4.78, 5) is 35.3. The summed E-state index contributed by atoms with van der Waals surface area (Å²) in [7, 11) is 0. The van der Waals surface area contributed by atoms with E-state index in [0.717, 1.165) is 12.1 Å². The Labute approximate surface area is 187 Å². The highest BCUT2D eigenvalue weighted by atomic mass is 19.2. The minimum absolute atomic E-state index is 0.0966. The number of carbonyl (C=O) groups is 1. The van der Waals surface area contributed by atoms with Gasteiger partial charge < -0.3 is 14.5 Å². The van der Waals surface area contributed by atoms with E-state index in [9.17, 15) is 23.7 Å². The second kappa shape index (κ2) is 9.15. The normalized spacial score (nSPS) is 15.9. The van der Waals surface area contributed by atoms with Gasteiger partial charge >= 0.3 is 0 Å². The van der Waals surface area contributed by atoms with Gasteiger partial charge in [-0.3, -0.25) is 14.9 Å². The molecule has 170 valence electrons. The predicted octanol–water partition coefficient (Wildman–Crippen LogP) is 3.81. The molecule has 1 unspecified atom stereocenters. The fourth-order valence-electron chi connectivity index (χ4n) is 3.61. The SMILES string of the molecule is CC1CN(c2cc(Oc3ccc(F)c(F)c3)ncn2)CCN1C(=O)c1cccc([N+](=O)[O-])c1. The van der Waals surface area contributed by atoms with Gasteiger partial charge in [0.15, 0.2) is 11.6 Å². The first kappa shape index (κ1) is 22.1. The molecule has 2 aromatic carbocycles. The van der Waals surface area contributed by atoms with E-state index >= 15 is 0 Å². The van der Waals surface area contributed by atoms with Gasteiger partial charge in [0.05, 0.1) is 4.92 Å². The zero-order valence-corrected chi connectivity index (χ0v) is 17.5. The predicted molar refractivity (Wildman–Crippen MR) is 114 cm³/mol. The Kier molecular flexibility index (Phi) is 6.11. The maximum atomic E-state index is 13.4. The molecule has 9 nitrogen and oxygen atoms in total. The highest BCUT2D eigenvalue weighted by Gasteiger charge is 2.29. The van der Waals surface area contributed by atoms with Crippen LogP contribution in [0.2, 0.25) is 0 Å². The Bertz CT molecular complexity index is 1210. The molecule has 4 rings (SSSR count). The fraction of sp³-hybridized carbons (Fsp3) is 0.227. The topological polar surface area (TPSA) is 102 Å². The lowest BCUT2D eigenvalue weighted by molar-refractivity contribution is -0.384. The van der Waals surface area contributed by atoms with Gasteiger partial charge in [0.1, 0.15) is 17.9 Å². The van der Waals surface area contributed by atoms with Crippen LogP contribution in [0.4, 0.5) is 20.3 Å². The van der Waals surface area contributed by atoms with Gasteiger partial charge in [-0.1, -0.05) is 6.07 Å². The Morgan fingerprint density at radius 2 is 1.94 bits per heavy atom. The van der Waals surface area contributed by atoms with Crippen LogP contribution in [-0.2, 0) is 0 Å². The molecule has 1 aromatic heterocycles. The molecule has 0 spiro atoms. The summed E-state index contributed by atoms with van der Waals surface area (Å²) in [6, 6.07) is 10.2. The van der Waals surface area contributed by atoms with Crippen molar-refractivity contribution < 1.29 is 23.2 Å². The molecule has 33 heavy (non-hydrogen) atoms. The zero-order chi connectivity index (χ0) is 23.5. The number of rotatable bonds is 5. The van der Waals surface area contributed by atoms with Gasteiger partial charge in [-0.05, 0) is 25.1 Å². The van der Waals surface area contributed by atoms with Gasteiger partial charge in [0.25, 0.3) is 11.6 Å². The lowest BCUT2D eigenvalue weighted by Gasteiger charge is -2.40. The number of hydrogen-bond donors (Lipinski definition) is 0. The van der Waals surface area contributed by atoms with Crippen molar-refractivity contribution in [2.24, 2.45) is 0 Å². The number of nitrogens with zero attached hydrogens (tertiary/aromatic N) is 5. The lowest BCUT2D eigenvalue weighted by Crippen LogP contribution is -2.54. The summed E-state index contributed by atoms with van der Waals surface area (Å²) in [5, 5.41) is 11.0. The average Bonchev–Trinajstić information content (AvgIpc) is 2.81. The molecule has 0 radical (unpaired) electrons. The third-order valence-electron chi connectivity index (χ3n) is 5.26. The van der Waals surface area contributed by atoms with E-state index in [-0.39, 0.29) is 34.8 Å². The van der Waals surface area contributed by atoms with E-state index in [1.165, 1.54) is 30.6 Å². The van der Waals surface area contributed by atoms with E-state index in [0.29, 0.717) is 25.5 Å². The summed E-state index contributed by atoms with van der Waals surface area (Å²) < 4.78 is 32.0. The molecule has 11 heteroatoms. The van der Waals surface area contributed by atoms with Gasteiger partial charge in [-0.25, -0.2) is 18.7 Å². The molecule has 1 amide bonds. The first-order valence-electron chi connectivity index (χ1n) is 10.1. The first-order valence-corrected chi connectivity index (χ1v) is 10.1. The second-order valence-electron chi connectivity index (χ2n) is 7.49. The van der Waals surface area contributed by atoms with Crippen molar-refractivity contribution in [1.29, 1.82) is 0 Å². The van der Waals surface area contributed by atoms with E-state index in [2.05, 4.69) is 9.97 Å². The number of non-ortho nitro benzene ring substituents is 1. The van der Waals surface area contributed by atoms with Crippen LogP contribution in [0.5, 0.6) is 11.6 Å². The molecule has 0 saturated carbocycles. The minimum atomic E-state index is -1.03. The van der Waals surface area contributed by atoms with Crippen molar-refractivity contribution in [2.45, 2.75) is 13.0 Å². The molecule has 3 aromatic rings. The lowest BCUT2D eigenvalue weighted by atomic mass is 10.1. The number of nitro groups is 1. The van der Waals surface area contributed by atoms with Crippen LogP contribution in [-0.4, -0.2) is 51.4 Å². The largest absolute Gasteiger partial charge is 0.439 e. The number of amides is 1. The molecule has 2 heterocycles. The smallest absolute Gasteiger partial charge is 0.270 e. The van der Waals surface area contributed by atoms with Crippen LogP contribution in [0.1, 0.15) is 17.3 Å². The molecule has 1 atom stereocenters. The first-order chi connectivity index (χ1) is 15.8. The van der Waals surface area contributed by atoms with Gasteiger partial charge in [-0.15, -0.1) is 0 Å². The number of piperazine rings is 1. The highest BCUT2D eigenvalue weighted by molar-refractivity contribution is 5.95. The Balaban J connectivity index is 1.45. The van der Waals surface area contributed by atoms with E-state index in [1.807, 2.05) is 11.8 Å². The quantitative estimate of drug-likeness (QED) is 0.426. The van der Waals surface area contributed by atoms with Crippen molar-refractivity contribution in [3.8, 4) is 11.6 Å². The molecular formula is C22H19F2N5O4. The number of nitro benzene ring substituents is 1. The summed E-state index contributed by atoms with van der Waals surface area (Å²) >= 11 is 0. The van der Waals surface area contributed by atoms with Gasteiger partial charge in [0.2, 0.25) is 5.88 Å². The fourth-order valence-corrected chi connectivity index (χ4v) is 3.61. The standard InChI is InChI=1S/C22H19F2N5O4/c1-14-12-27(7-8-28(14)22(30)15-3-2-4-16(9-15)29(31)32)20-11-21(26-13-25-20)33-17-5-6-18(23)19(24)10-17/h2-6,9-11,13-14H,7-8,12H2,1H3. The number of hydrogen-bond acceptors (Lipinski definition) is 7. The van der Waals surface area contributed by atoms with E-state index in [1.54, 1.807) is 17.0 Å². The summed E-state index contributed by atoms with van der Waals surface area (Å²) in [5.41, 5.74) is 0.121. The number of aromatic nitrogens is 2. The van der Waals surface area contributed by atoms with Crippen LogP contribution in [0.25, 0.3) is 0 Å². The summed E-state index contributed by atoms with van der Waals surface area (Å²) in [6.45, 7) is 3.18. The van der Waals surface area contributed by atoms with E-state index in [4.69, 9.17) is 4.74 Å². The average molecular weight is 455 g/mol. The van der Waals surface area contributed by atoms with Gasteiger partial charge in [-0.2, -0.15) is 0 Å². The number of benzene rings is 2. The van der Waals surface area contributed by atoms with Gasteiger partial charge in [0, 0.05) is 55.5 Å². The highest BCUT2D eigenvalue weighted by Crippen LogP contribution is 2.26. The van der Waals surface area contributed by atoms with Crippen molar-refractivity contribution in [3.63, 3.8) is 0 Å². The van der Waals surface area contributed by atoms with Crippen LogP contribution in [0, 0.1) is 21.7 Å². The number of carbonyl (C=O) groups excluding carboxylic acids is 1. The Morgan fingerprint density at radius 3 is 2.67 bits per heavy atom. The molecule has 1 aliphatic rings. The number of ether oxygens (including phenoxy) is 1. The van der Waals surface area contributed by atoms with Crippen molar-refractivity contribution in [1.82, 2.24) is 14.9 Å². The molecule has 0 bridgehead atoms. The molecule has 1 aliphatic heterocycles. The Morgan fingerprint density at radius 1 is 1.12 bits per heavy atom. The van der Waals surface area contributed by atoms with Crippen molar-refractivity contribution >= 4 is 17.4 Å². The number of anilines is 1. The molecule has 1 saturated heterocycles. The maximum absolute atomic E-state index is 13.4. The van der Waals surface area contributed by atoms with Crippen LogP contribution in [0.15, 0.2) is 54.9 Å². The van der Waals surface area contributed by atoms with Crippen LogP contribution in [0.3, 0.4) is 0 Å². The second-order valence-corrected chi connectivity index (χ2v) is 7.49. The summed E-state index contributed by atoms with van der Waals surface area (Å²) in [5.74, 6) is -1.47. The molecule has 1 fully saturated rings. The zero-order valence-electron chi connectivity index (χ0n) is 17.5. The van der Waals surface area contributed by atoms with Crippen LogP contribution < -0.4 is 9.64 Å². The van der Waals surface area contributed by atoms with E-state index < -0.39 is 16.6 Å².